The van der Waals surface area contributed by atoms with E-state index < -0.39 is 23.2 Å². The van der Waals surface area contributed by atoms with Crippen molar-refractivity contribution in [2.45, 2.75) is 0 Å². The molecule has 0 radical (unpaired) electrons. The van der Waals surface area contributed by atoms with E-state index in [-0.39, 0.29) is 5.56 Å². The number of hydrogen-bond donors (Lipinski definition) is 3. The first-order valence-corrected chi connectivity index (χ1v) is 7.81. The van der Waals surface area contributed by atoms with Crippen molar-refractivity contribution in [3.8, 4) is 0 Å². The van der Waals surface area contributed by atoms with Crippen LogP contribution in [0.25, 0.3) is 0 Å². The summed E-state index contributed by atoms with van der Waals surface area (Å²) in [6.07, 6.45) is 0. The van der Waals surface area contributed by atoms with E-state index in [1.165, 1.54) is 0 Å². The van der Waals surface area contributed by atoms with Gasteiger partial charge in [0.2, 0.25) is 0 Å². The predicted molar refractivity (Wildman–Crippen MR) is 80.3 cm³/mol. The van der Waals surface area contributed by atoms with Crippen LogP contribution in [0, 0.1) is 11.6 Å². The number of nitrogens with two attached hydrogens (primary N) is 1. The zero-order valence-electron chi connectivity index (χ0n) is 11.5. The topological polar surface area (TPSA) is 70.4 Å². The van der Waals surface area contributed by atoms with Crippen LogP contribution in [0.1, 0.15) is 10.4 Å². The minimum Gasteiger partial charge on any atom is -0.351 e. The van der Waals surface area contributed by atoms with Crippen LogP contribution in [0.5, 0.6) is 0 Å². The van der Waals surface area contributed by atoms with Gasteiger partial charge in [-0.2, -0.15) is 11.8 Å². The number of amides is 1. The first kappa shape index (κ1) is 16.0. The van der Waals surface area contributed by atoms with Gasteiger partial charge in [0.1, 0.15) is 5.69 Å². The Hall–Kier alpha value is -1.38. The molecule has 2 rings (SSSR count). The second-order valence-corrected chi connectivity index (χ2v) is 5.89. The fraction of sp³-hybridized carbons (Fsp3) is 0.462. The molecule has 0 unspecified atom stereocenters. The predicted octanol–water partition coefficient (Wildman–Crippen LogP) is 1.03. The van der Waals surface area contributed by atoms with E-state index in [0.717, 1.165) is 43.3 Å². The van der Waals surface area contributed by atoms with Crippen LogP contribution >= 0.6 is 11.8 Å². The van der Waals surface area contributed by atoms with Gasteiger partial charge in [0.05, 0.1) is 0 Å². The third-order valence-electron chi connectivity index (χ3n) is 3.27. The van der Waals surface area contributed by atoms with Crippen LogP contribution in [0.2, 0.25) is 0 Å². The molecule has 1 amide bonds. The maximum atomic E-state index is 13.5. The standard InChI is InChI=1S/C13H18F2N4OS/c14-10-7-9(8-11(15)12(10)18-16)13(20)17-1-2-19-3-5-21-6-4-19/h7-8,18H,1-6,16H2,(H,17,20). The van der Waals surface area contributed by atoms with Crippen LogP contribution in [0.3, 0.4) is 0 Å². The van der Waals surface area contributed by atoms with Crippen LogP contribution in [0.4, 0.5) is 14.5 Å². The van der Waals surface area contributed by atoms with E-state index in [1.807, 2.05) is 17.2 Å². The minimum absolute atomic E-state index is 0.0572. The van der Waals surface area contributed by atoms with Gasteiger partial charge in [-0.25, -0.2) is 8.78 Å². The summed E-state index contributed by atoms with van der Waals surface area (Å²) in [5, 5.41) is 2.67. The van der Waals surface area contributed by atoms with Crippen molar-refractivity contribution in [2.75, 3.05) is 43.1 Å². The molecule has 1 fully saturated rings. The van der Waals surface area contributed by atoms with Crippen LogP contribution in [-0.2, 0) is 0 Å². The molecule has 0 aliphatic carbocycles. The quantitative estimate of drug-likeness (QED) is 0.559. The molecule has 0 bridgehead atoms. The maximum Gasteiger partial charge on any atom is 0.251 e. The number of nitrogens with one attached hydrogen (secondary N) is 2. The fourth-order valence-corrected chi connectivity index (χ4v) is 3.08. The summed E-state index contributed by atoms with van der Waals surface area (Å²) < 4.78 is 27.0. The molecule has 0 saturated carbocycles. The summed E-state index contributed by atoms with van der Waals surface area (Å²) in [5.74, 6) is 4.91. The Morgan fingerprint density at radius 3 is 2.48 bits per heavy atom. The number of carbonyl (C=O) groups excluding carboxylic acids is 1. The molecule has 1 aliphatic heterocycles. The van der Waals surface area contributed by atoms with Crippen LogP contribution in [0.15, 0.2) is 12.1 Å². The largest absolute Gasteiger partial charge is 0.351 e. The number of thioether (sulfide) groups is 1. The monoisotopic (exact) mass is 316 g/mol. The zero-order chi connectivity index (χ0) is 15.2. The SMILES string of the molecule is NNc1c(F)cc(C(=O)NCCN2CCSCC2)cc1F. The van der Waals surface area contributed by atoms with E-state index in [1.54, 1.807) is 0 Å². The Morgan fingerprint density at radius 1 is 1.29 bits per heavy atom. The molecule has 1 saturated heterocycles. The Morgan fingerprint density at radius 2 is 1.90 bits per heavy atom. The van der Waals surface area contributed by atoms with Gasteiger partial charge in [-0.3, -0.25) is 15.5 Å². The van der Waals surface area contributed by atoms with Gasteiger partial charge >= 0.3 is 0 Å². The van der Waals surface area contributed by atoms with Gasteiger partial charge in [0.25, 0.3) is 5.91 Å². The first-order valence-electron chi connectivity index (χ1n) is 6.66. The number of anilines is 1. The number of benzene rings is 1. The summed E-state index contributed by atoms with van der Waals surface area (Å²) in [6, 6.07) is 1.93. The lowest BCUT2D eigenvalue weighted by atomic mass is 10.1. The lowest BCUT2D eigenvalue weighted by Gasteiger charge is -2.26. The summed E-state index contributed by atoms with van der Waals surface area (Å²) in [6.45, 7) is 3.19. The Labute approximate surface area is 126 Å². The van der Waals surface area contributed by atoms with Crippen molar-refractivity contribution in [3.63, 3.8) is 0 Å². The Bertz CT molecular complexity index is 486. The second kappa shape index (κ2) is 7.58. The van der Waals surface area contributed by atoms with Crippen molar-refractivity contribution in [1.29, 1.82) is 0 Å². The summed E-state index contributed by atoms with van der Waals surface area (Å²) in [5.41, 5.74) is 1.42. The molecular weight excluding hydrogens is 298 g/mol. The highest BCUT2D eigenvalue weighted by molar-refractivity contribution is 7.99. The lowest BCUT2D eigenvalue weighted by Crippen LogP contribution is -2.39. The van der Waals surface area contributed by atoms with Gasteiger partial charge < -0.3 is 10.7 Å². The van der Waals surface area contributed by atoms with E-state index in [0.29, 0.717) is 6.54 Å². The third kappa shape index (κ3) is 4.29. The fourth-order valence-electron chi connectivity index (χ4n) is 2.10. The van der Waals surface area contributed by atoms with Gasteiger partial charge in [0.15, 0.2) is 11.6 Å². The lowest BCUT2D eigenvalue weighted by molar-refractivity contribution is 0.0948. The van der Waals surface area contributed by atoms with Gasteiger partial charge in [-0.15, -0.1) is 0 Å². The van der Waals surface area contributed by atoms with E-state index in [2.05, 4.69) is 10.2 Å². The Balaban J connectivity index is 1.88. The van der Waals surface area contributed by atoms with Crippen molar-refractivity contribution in [3.05, 3.63) is 29.3 Å². The maximum absolute atomic E-state index is 13.5. The van der Waals surface area contributed by atoms with Gasteiger partial charge in [-0.1, -0.05) is 0 Å². The molecule has 21 heavy (non-hydrogen) atoms. The highest BCUT2D eigenvalue weighted by Crippen LogP contribution is 2.19. The number of hydrogen-bond acceptors (Lipinski definition) is 5. The number of carbonyl (C=O) groups is 1. The zero-order valence-corrected chi connectivity index (χ0v) is 12.3. The van der Waals surface area contributed by atoms with Gasteiger partial charge in [-0.05, 0) is 12.1 Å². The first-order chi connectivity index (χ1) is 10.1. The number of halogens is 2. The van der Waals surface area contributed by atoms with E-state index in [9.17, 15) is 13.6 Å². The van der Waals surface area contributed by atoms with E-state index >= 15 is 0 Å². The Kier molecular flexibility index (Phi) is 5.77. The molecule has 1 aliphatic rings. The molecule has 4 N–H and O–H groups in total. The highest BCUT2D eigenvalue weighted by Gasteiger charge is 2.15. The number of nitrogen functional groups attached to an aromatic ring is 1. The summed E-state index contributed by atoms with van der Waals surface area (Å²) >= 11 is 1.91. The van der Waals surface area contributed by atoms with Crippen molar-refractivity contribution >= 4 is 23.4 Å². The molecule has 1 heterocycles. The van der Waals surface area contributed by atoms with Crippen LogP contribution in [-0.4, -0.2) is 48.5 Å². The molecule has 1 aromatic rings. The summed E-state index contributed by atoms with van der Waals surface area (Å²) in [7, 11) is 0. The van der Waals surface area contributed by atoms with Crippen molar-refractivity contribution < 1.29 is 13.6 Å². The molecular formula is C13H18F2N4OS. The normalized spacial score (nSPS) is 15.8. The van der Waals surface area contributed by atoms with Crippen molar-refractivity contribution in [2.24, 2.45) is 5.84 Å². The summed E-state index contributed by atoms with van der Waals surface area (Å²) in [4.78, 5) is 14.1. The minimum atomic E-state index is -0.893. The van der Waals surface area contributed by atoms with Crippen LogP contribution < -0.4 is 16.6 Å². The average molecular weight is 316 g/mol. The third-order valence-corrected chi connectivity index (χ3v) is 4.21. The number of hydrazine groups is 1. The van der Waals surface area contributed by atoms with Gasteiger partial charge in [0, 0.05) is 43.2 Å². The molecule has 0 aromatic heterocycles. The molecule has 116 valence electrons. The average Bonchev–Trinajstić information content (AvgIpc) is 2.48. The number of nitrogens with zero attached hydrogens (tertiary/aromatic N) is 1. The second-order valence-electron chi connectivity index (χ2n) is 4.67. The molecule has 0 spiro atoms. The van der Waals surface area contributed by atoms with Crippen molar-refractivity contribution in [1.82, 2.24) is 10.2 Å². The number of rotatable bonds is 5. The molecule has 1 aromatic carbocycles. The van der Waals surface area contributed by atoms with E-state index in [4.69, 9.17) is 5.84 Å². The molecule has 5 nitrogen and oxygen atoms in total. The highest BCUT2D eigenvalue weighted by atomic mass is 32.2. The molecule has 8 heteroatoms. The smallest absolute Gasteiger partial charge is 0.251 e. The molecule has 0 atom stereocenters.